The number of nitrogens with one attached hydrogen (secondary N) is 1. The Bertz CT molecular complexity index is 571. The smallest absolute Gasteiger partial charge is 0.174 e. The molecular formula is C16H20N4O. The first-order valence-electron chi connectivity index (χ1n) is 7.00. The normalized spacial score (nSPS) is 13.4. The Kier molecular flexibility index (Phi) is 5.35. The van der Waals surface area contributed by atoms with Crippen LogP contribution in [0, 0.1) is 11.3 Å². The molecule has 2 unspecified atom stereocenters. The van der Waals surface area contributed by atoms with Gasteiger partial charge in [-0.1, -0.05) is 12.1 Å². The van der Waals surface area contributed by atoms with Gasteiger partial charge in [0, 0.05) is 31.0 Å². The molecule has 0 bridgehead atoms. The summed E-state index contributed by atoms with van der Waals surface area (Å²) in [6, 6.07) is 10.4. The molecule has 2 atom stereocenters. The van der Waals surface area contributed by atoms with Crippen LogP contribution in [0.1, 0.15) is 25.5 Å². The zero-order valence-electron chi connectivity index (χ0n) is 12.4. The summed E-state index contributed by atoms with van der Waals surface area (Å²) >= 11 is 0. The first-order valence-corrected chi connectivity index (χ1v) is 7.00. The third kappa shape index (κ3) is 4.62. The lowest BCUT2D eigenvalue weighted by Gasteiger charge is -2.21. The Morgan fingerprint density at radius 2 is 2.10 bits per heavy atom. The van der Waals surface area contributed by atoms with Crippen LogP contribution < -0.4 is 10.1 Å². The molecule has 0 saturated heterocycles. The predicted octanol–water partition coefficient (Wildman–Crippen LogP) is 2.52. The van der Waals surface area contributed by atoms with E-state index in [1.54, 1.807) is 6.20 Å². The van der Waals surface area contributed by atoms with Crippen LogP contribution >= 0.6 is 0 Å². The van der Waals surface area contributed by atoms with Gasteiger partial charge in [-0.3, -0.25) is 0 Å². The van der Waals surface area contributed by atoms with Gasteiger partial charge < -0.3 is 14.6 Å². The van der Waals surface area contributed by atoms with Crippen molar-refractivity contribution in [2.24, 2.45) is 0 Å². The van der Waals surface area contributed by atoms with E-state index in [1.807, 2.05) is 42.9 Å². The number of aromatic nitrogens is 2. The number of nitriles is 1. The van der Waals surface area contributed by atoms with Crippen LogP contribution in [-0.4, -0.2) is 22.2 Å². The van der Waals surface area contributed by atoms with E-state index in [4.69, 9.17) is 10.00 Å². The van der Waals surface area contributed by atoms with E-state index in [1.165, 1.54) is 5.56 Å². The van der Waals surface area contributed by atoms with Crippen LogP contribution in [0.2, 0.25) is 0 Å². The van der Waals surface area contributed by atoms with Crippen LogP contribution in [0.3, 0.4) is 0 Å². The third-order valence-electron chi connectivity index (χ3n) is 3.26. The van der Waals surface area contributed by atoms with Gasteiger partial charge in [-0.15, -0.1) is 0 Å². The van der Waals surface area contributed by atoms with Gasteiger partial charge >= 0.3 is 0 Å². The largest absolute Gasteiger partial charge is 0.479 e. The van der Waals surface area contributed by atoms with Crippen LogP contribution in [-0.2, 0) is 6.54 Å². The van der Waals surface area contributed by atoms with Crippen LogP contribution in [0.15, 0.2) is 43.0 Å². The van der Waals surface area contributed by atoms with Crippen LogP contribution in [0.5, 0.6) is 5.75 Å². The van der Waals surface area contributed by atoms with Crippen molar-refractivity contribution in [3.8, 4) is 11.8 Å². The summed E-state index contributed by atoms with van der Waals surface area (Å²) in [4.78, 5) is 4.05. The highest BCUT2D eigenvalue weighted by molar-refractivity contribution is 5.29. The fourth-order valence-electron chi connectivity index (χ4n) is 2.25. The van der Waals surface area contributed by atoms with Gasteiger partial charge in [-0.2, -0.15) is 5.26 Å². The van der Waals surface area contributed by atoms with Crippen molar-refractivity contribution in [3.63, 3.8) is 0 Å². The molecular weight excluding hydrogens is 264 g/mol. The van der Waals surface area contributed by atoms with Crippen LogP contribution in [0.4, 0.5) is 0 Å². The van der Waals surface area contributed by atoms with E-state index in [9.17, 15) is 0 Å². The average Bonchev–Trinajstić information content (AvgIpc) is 2.98. The summed E-state index contributed by atoms with van der Waals surface area (Å²) in [5, 5.41) is 12.0. The molecule has 0 aliphatic heterocycles. The standard InChI is InChI=1S/C16H20N4O/c1-13(11-20-9-8-18-12-20)19-14(2)15-3-5-16(6-4-15)21-10-7-17/h3-6,8-9,12-14,19H,10-11H2,1-2H3. The van der Waals surface area contributed by atoms with Crippen molar-refractivity contribution in [3.05, 3.63) is 48.5 Å². The van der Waals surface area contributed by atoms with Gasteiger partial charge in [0.25, 0.3) is 0 Å². The Hall–Kier alpha value is -2.32. The van der Waals surface area contributed by atoms with E-state index < -0.39 is 0 Å². The molecule has 5 nitrogen and oxygen atoms in total. The summed E-state index contributed by atoms with van der Waals surface area (Å²) in [7, 11) is 0. The highest BCUT2D eigenvalue weighted by Gasteiger charge is 2.10. The maximum Gasteiger partial charge on any atom is 0.174 e. The van der Waals surface area contributed by atoms with E-state index in [0.29, 0.717) is 6.04 Å². The third-order valence-corrected chi connectivity index (χ3v) is 3.26. The lowest BCUT2D eigenvalue weighted by molar-refractivity contribution is 0.367. The van der Waals surface area contributed by atoms with Gasteiger partial charge in [0.15, 0.2) is 6.61 Å². The number of imidazole rings is 1. The molecule has 21 heavy (non-hydrogen) atoms. The monoisotopic (exact) mass is 284 g/mol. The average molecular weight is 284 g/mol. The second-order valence-electron chi connectivity index (χ2n) is 5.06. The van der Waals surface area contributed by atoms with Gasteiger partial charge in [-0.05, 0) is 31.5 Å². The molecule has 0 saturated carbocycles. The molecule has 0 radical (unpaired) electrons. The molecule has 2 rings (SSSR count). The highest BCUT2D eigenvalue weighted by Crippen LogP contribution is 2.18. The summed E-state index contributed by atoms with van der Waals surface area (Å²) in [6.45, 7) is 5.25. The minimum atomic E-state index is 0.0785. The number of hydrogen-bond donors (Lipinski definition) is 1. The zero-order chi connectivity index (χ0) is 15.1. The van der Waals surface area contributed by atoms with Crippen LogP contribution in [0.25, 0.3) is 0 Å². The first-order chi connectivity index (χ1) is 10.2. The maximum atomic E-state index is 8.48. The molecule has 5 heteroatoms. The fraction of sp³-hybridized carbons (Fsp3) is 0.375. The molecule has 0 fully saturated rings. The van der Waals surface area contributed by atoms with E-state index >= 15 is 0 Å². The number of hydrogen-bond acceptors (Lipinski definition) is 4. The lowest BCUT2D eigenvalue weighted by Crippen LogP contribution is -2.32. The van der Waals surface area contributed by atoms with Crippen molar-refractivity contribution >= 4 is 0 Å². The molecule has 0 aliphatic carbocycles. The molecule has 2 aromatic rings. The van der Waals surface area contributed by atoms with Crippen molar-refractivity contribution < 1.29 is 4.74 Å². The topological polar surface area (TPSA) is 62.9 Å². The molecule has 0 amide bonds. The summed E-state index contributed by atoms with van der Waals surface area (Å²) in [6.07, 6.45) is 5.57. The van der Waals surface area contributed by atoms with Gasteiger partial charge in [-0.25, -0.2) is 4.98 Å². The quantitative estimate of drug-likeness (QED) is 0.848. The Labute approximate surface area is 125 Å². The zero-order valence-corrected chi connectivity index (χ0v) is 12.4. The maximum absolute atomic E-state index is 8.48. The number of ether oxygens (including phenoxy) is 1. The minimum absolute atomic E-state index is 0.0785. The first kappa shape index (κ1) is 15.1. The van der Waals surface area contributed by atoms with Crippen molar-refractivity contribution in [1.82, 2.24) is 14.9 Å². The van der Waals surface area contributed by atoms with E-state index in [2.05, 4.69) is 28.7 Å². The number of nitrogens with zero attached hydrogens (tertiary/aromatic N) is 3. The Balaban J connectivity index is 1.87. The van der Waals surface area contributed by atoms with E-state index in [-0.39, 0.29) is 12.6 Å². The van der Waals surface area contributed by atoms with Crippen molar-refractivity contribution in [1.29, 1.82) is 5.26 Å². The fourth-order valence-corrected chi connectivity index (χ4v) is 2.25. The second-order valence-corrected chi connectivity index (χ2v) is 5.06. The highest BCUT2D eigenvalue weighted by atomic mass is 16.5. The SMILES string of the molecule is CC(Cn1ccnc1)NC(C)c1ccc(OCC#N)cc1. The van der Waals surface area contributed by atoms with Gasteiger partial charge in [0.2, 0.25) is 0 Å². The van der Waals surface area contributed by atoms with Crippen molar-refractivity contribution in [2.75, 3.05) is 6.61 Å². The molecule has 110 valence electrons. The molecule has 1 aromatic heterocycles. The van der Waals surface area contributed by atoms with Gasteiger partial charge in [0.1, 0.15) is 11.8 Å². The molecule has 1 heterocycles. The summed E-state index contributed by atoms with van der Waals surface area (Å²) < 4.78 is 7.31. The molecule has 0 aliphatic rings. The van der Waals surface area contributed by atoms with Crippen molar-refractivity contribution in [2.45, 2.75) is 32.5 Å². The minimum Gasteiger partial charge on any atom is -0.479 e. The summed E-state index contributed by atoms with van der Waals surface area (Å²) in [5.41, 5.74) is 1.19. The molecule has 0 spiro atoms. The molecule has 1 aromatic carbocycles. The molecule has 1 N–H and O–H groups in total. The number of rotatable bonds is 7. The summed E-state index contributed by atoms with van der Waals surface area (Å²) in [5.74, 6) is 0.721. The van der Waals surface area contributed by atoms with E-state index in [0.717, 1.165) is 12.3 Å². The Morgan fingerprint density at radius 1 is 1.33 bits per heavy atom. The second kappa shape index (κ2) is 7.46. The number of benzene rings is 1. The van der Waals surface area contributed by atoms with Gasteiger partial charge in [0.05, 0.1) is 6.33 Å². The lowest BCUT2D eigenvalue weighted by atomic mass is 10.1. The predicted molar refractivity (Wildman–Crippen MR) is 80.8 cm³/mol. The Morgan fingerprint density at radius 3 is 2.71 bits per heavy atom.